The highest BCUT2D eigenvalue weighted by atomic mass is 15.2. The second-order valence-corrected chi connectivity index (χ2v) is 5.12. The molecule has 4 rings (SSSR count). The summed E-state index contributed by atoms with van der Waals surface area (Å²) >= 11 is 0. The standard InChI is InChI=1S/C17H15N3/c1-12-11-16(13-7-3-2-4-8-13)20-15-10-6-5-9-14(15)19-17(20)18-12/h2-11,16H,1H3,(H,18,19)/t16-/m1/s1. The molecule has 0 unspecified atom stereocenters. The predicted octanol–water partition coefficient (Wildman–Crippen LogP) is 3.96. The van der Waals surface area contributed by atoms with Crippen LogP contribution in [0.5, 0.6) is 0 Å². The summed E-state index contributed by atoms with van der Waals surface area (Å²) in [5.41, 5.74) is 4.60. The molecule has 0 amide bonds. The van der Waals surface area contributed by atoms with Crippen LogP contribution in [0.25, 0.3) is 11.0 Å². The lowest BCUT2D eigenvalue weighted by molar-refractivity contribution is 0.707. The predicted molar refractivity (Wildman–Crippen MR) is 81.7 cm³/mol. The van der Waals surface area contributed by atoms with Crippen molar-refractivity contribution in [3.05, 3.63) is 71.9 Å². The molecule has 0 saturated heterocycles. The number of para-hydroxylation sites is 2. The fourth-order valence-corrected chi connectivity index (χ4v) is 2.84. The van der Waals surface area contributed by atoms with Crippen LogP contribution in [0.15, 0.2) is 66.4 Å². The first-order valence-corrected chi connectivity index (χ1v) is 6.80. The third kappa shape index (κ3) is 1.63. The first-order valence-electron chi connectivity index (χ1n) is 6.80. The average molecular weight is 261 g/mol. The highest BCUT2D eigenvalue weighted by Gasteiger charge is 2.22. The first-order chi connectivity index (χ1) is 9.83. The molecule has 0 fully saturated rings. The van der Waals surface area contributed by atoms with Gasteiger partial charge in [-0.2, -0.15) is 0 Å². The lowest BCUT2D eigenvalue weighted by atomic mass is 10.0. The van der Waals surface area contributed by atoms with E-state index in [0.29, 0.717) is 0 Å². The highest BCUT2D eigenvalue weighted by Crippen LogP contribution is 2.33. The van der Waals surface area contributed by atoms with Gasteiger partial charge in [0, 0.05) is 5.70 Å². The van der Waals surface area contributed by atoms with Gasteiger partial charge in [-0.15, -0.1) is 0 Å². The number of aromatic nitrogens is 2. The molecule has 20 heavy (non-hydrogen) atoms. The number of allylic oxidation sites excluding steroid dienone is 2. The van der Waals surface area contributed by atoms with Crippen molar-refractivity contribution in [2.24, 2.45) is 0 Å². The Balaban J connectivity index is 1.98. The summed E-state index contributed by atoms with van der Waals surface area (Å²) in [6.07, 6.45) is 2.25. The molecule has 0 saturated carbocycles. The van der Waals surface area contributed by atoms with Crippen LogP contribution in [0, 0.1) is 0 Å². The Morgan fingerprint density at radius 3 is 2.60 bits per heavy atom. The SMILES string of the molecule is CC1=C[C@H](c2ccccc2)n2c(nc3ccccc32)N1. The molecular formula is C17H15N3. The molecule has 0 radical (unpaired) electrons. The van der Waals surface area contributed by atoms with Gasteiger partial charge in [-0.1, -0.05) is 42.5 Å². The van der Waals surface area contributed by atoms with E-state index < -0.39 is 0 Å². The molecule has 0 aliphatic carbocycles. The Morgan fingerprint density at radius 2 is 1.75 bits per heavy atom. The Bertz CT molecular complexity index is 799. The number of fused-ring (bicyclic) bond motifs is 3. The summed E-state index contributed by atoms with van der Waals surface area (Å²) in [5.74, 6) is 0.917. The lowest BCUT2D eigenvalue weighted by Crippen LogP contribution is -2.18. The zero-order valence-corrected chi connectivity index (χ0v) is 11.2. The minimum absolute atomic E-state index is 0.194. The van der Waals surface area contributed by atoms with Crippen LogP contribution in [-0.2, 0) is 0 Å². The van der Waals surface area contributed by atoms with Crippen LogP contribution in [-0.4, -0.2) is 9.55 Å². The molecule has 98 valence electrons. The molecule has 1 atom stereocenters. The number of benzene rings is 2. The van der Waals surface area contributed by atoms with Crippen LogP contribution in [0.3, 0.4) is 0 Å². The van der Waals surface area contributed by atoms with Gasteiger partial charge in [0.2, 0.25) is 5.95 Å². The molecule has 2 aromatic carbocycles. The maximum absolute atomic E-state index is 4.69. The third-order valence-corrected chi connectivity index (χ3v) is 3.73. The largest absolute Gasteiger partial charge is 0.330 e. The van der Waals surface area contributed by atoms with E-state index in [9.17, 15) is 0 Å². The van der Waals surface area contributed by atoms with E-state index in [2.05, 4.69) is 65.3 Å². The van der Waals surface area contributed by atoms with E-state index >= 15 is 0 Å². The van der Waals surface area contributed by atoms with Gasteiger partial charge in [0.15, 0.2) is 0 Å². The van der Waals surface area contributed by atoms with Crippen molar-refractivity contribution in [3.8, 4) is 0 Å². The number of hydrogen-bond acceptors (Lipinski definition) is 2. The summed E-state index contributed by atoms with van der Waals surface area (Å²) in [5, 5.41) is 3.36. The maximum atomic E-state index is 4.69. The van der Waals surface area contributed by atoms with Crippen molar-refractivity contribution in [3.63, 3.8) is 0 Å². The van der Waals surface area contributed by atoms with Gasteiger partial charge in [0.05, 0.1) is 17.1 Å². The summed E-state index contributed by atoms with van der Waals surface area (Å²) in [7, 11) is 0. The number of nitrogens with zero attached hydrogens (tertiary/aromatic N) is 2. The molecule has 1 N–H and O–H groups in total. The first kappa shape index (κ1) is 11.3. The number of anilines is 1. The summed E-state index contributed by atoms with van der Waals surface area (Å²) in [6, 6.07) is 19.0. The average Bonchev–Trinajstić information content (AvgIpc) is 2.85. The molecule has 3 nitrogen and oxygen atoms in total. The fraction of sp³-hybridized carbons (Fsp3) is 0.118. The molecule has 1 aromatic heterocycles. The van der Waals surface area contributed by atoms with Gasteiger partial charge in [0.1, 0.15) is 0 Å². The van der Waals surface area contributed by atoms with Crippen LogP contribution in [0.2, 0.25) is 0 Å². The van der Waals surface area contributed by atoms with Crippen molar-refractivity contribution in [1.82, 2.24) is 9.55 Å². The van der Waals surface area contributed by atoms with Crippen LogP contribution in [0.4, 0.5) is 5.95 Å². The topological polar surface area (TPSA) is 29.9 Å². The van der Waals surface area contributed by atoms with Crippen molar-refractivity contribution in [1.29, 1.82) is 0 Å². The maximum Gasteiger partial charge on any atom is 0.208 e. The second kappa shape index (κ2) is 4.23. The minimum atomic E-state index is 0.194. The van der Waals surface area contributed by atoms with E-state index in [4.69, 9.17) is 4.98 Å². The van der Waals surface area contributed by atoms with E-state index in [-0.39, 0.29) is 6.04 Å². The fourth-order valence-electron chi connectivity index (χ4n) is 2.84. The zero-order chi connectivity index (χ0) is 13.5. The van der Waals surface area contributed by atoms with Gasteiger partial charge in [0.25, 0.3) is 0 Å². The van der Waals surface area contributed by atoms with E-state index in [1.165, 1.54) is 5.56 Å². The van der Waals surface area contributed by atoms with Crippen LogP contribution >= 0.6 is 0 Å². The quantitative estimate of drug-likeness (QED) is 0.718. The number of nitrogens with one attached hydrogen (secondary N) is 1. The van der Waals surface area contributed by atoms with Crippen molar-refractivity contribution < 1.29 is 0 Å². The highest BCUT2D eigenvalue weighted by molar-refractivity contribution is 5.80. The number of hydrogen-bond donors (Lipinski definition) is 1. The number of rotatable bonds is 1. The minimum Gasteiger partial charge on any atom is -0.330 e. The van der Waals surface area contributed by atoms with Crippen molar-refractivity contribution >= 4 is 17.0 Å². The molecule has 0 bridgehead atoms. The van der Waals surface area contributed by atoms with Crippen LogP contribution < -0.4 is 5.32 Å². The molecule has 3 aromatic rings. The summed E-state index contributed by atoms with van der Waals surface area (Å²) in [4.78, 5) is 4.69. The molecule has 0 spiro atoms. The monoisotopic (exact) mass is 261 g/mol. The Labute approximate surface area is 117 Å². The van der Waals surface area contributed by atoms with Gasteiger partial charge in [-0.25, -0.2) is 4.98 Å². The summed E-state index contributed by atoms with van der Waals surface area (Å²) < 4.78 is 2.26. The Morgan fingerprint density at radius 1 is 1.00 bits per heavy atom. The molecule has 2 heterocycles. The van der Waals surface area contributed by atoms with E-state index in [0.717, 1.165) is 22.7 Å². The zero-order valence-electron chi connectivity index (χ0n) is 11.2. The van der Waals surface area contributed by atoms with E-state index in [1.54, 1.807) is 0 Å². The second-order valence-electron chi connectivity index (χ2n) is 5.12. The smallest absolute Gasteiger partial charge is 0.208 e. The van der Waals surface area contributed by atoms with E-state index in [1.807, 2.05) is 12.1 Å². The van der Waals surface area contributed by atoms with Crippen molar-refractivity contribution in [2.75, 3.05) is 5.32 Å². The molecule has 1 aliphatic heterocycles. The molecule has 1 aliphatic rings. The van der Waals surface area contributed by atoms with Gasteiger partial charge >= 0.3 is 0 Å². The van der Waals surface area contributed by atoms with Crippen molar-refractivity contribution in [2.45, 2.75) is 13.0 Å². The van der Waals surface area contributed by atoms with Crippen LogP contribution in [0.1, 0.15) is 18.5 Å². The lowest BCUT2D eigenvalue weighted by Gasteiger charge is -2.25. The molecule has 3 heteroatoms. The normalized spacial score (nSPS) is 17.4. The van der Waals surface area contributed by atoms with Gasteiger partial charge in [-0.05, 0) is 30.7 Å². The Hall–Kier alpha value is -2.55. The van der Waals surface area contributed by atoms with Gasteiger partial charge < -0.3 is 5.32 Å². The number of imidazole rings is 1. The van der Waals surface area contributed by atoms with Gasteiger partial charge in [-0.3, -0.25) is 4.57 Å². The molecular weight excluding hydrogens is 246 g/mol. The third-order valence-electron chi connectivity index (χ3n) is 3.73. The summed E-state index contributed by atoms with van der Waals surface area (Å²) in [6.45, 7) is 2.08. The Kier molecular flexibility index (Phi) is 2.39.